The van der Waals surface area contributed by atoms with E-state index in [1.165, 1.54) is 0 Å². The van der Waals surface area contributed by atoms with Crippen molar-refractivity contribution in [3.05, 3.63) is 28.2 Å². The maximum Gasteiger partial charge on any atom is 0.254 e. The zero-order valence-electron chi connectivity index (χ0n) is 11.4. The summed E-state index contributed by atoms with van der Waals surface area (Å²) >= 11 is 3.43. The summed E-state index contributed by atoms with van der Waals surface area (Å²) in [5.74, 6) is 0.734. The highest BCUT2D eigenvalue weighted by Gasteiger charge is 2.19. The van der Waals surface area contributed by atoms with E-state index in [0.717, 1.165) is 4.47 Å². The highest BCUT2D eigenvalue weighted by molar-refractivity contribution is 9.10. The van der Waals surface area contributed by atoms with Crippen LogP contribution in [0.3, 0.4) is 0 Å². The van der Waals surface area contributed by atoms with Gasteiger partial charge in [0.1, 0.15) is 12.4 Å². The summed E-state index contributed by atoms with van der Waals surface area (Å²) in [7, 11) is 1.63. The summed E-state index contributed by atoms with van der Waals surface area (Å²) in [4.78, 5) is 14.1. The molecule has 0 saturated carbocycles. The molecule has 1 aliphatic rings. The van der Waals surface area contributed by atoms with Crippen LogP contribution in [0.1, 0.15) is 10.4 Å². The van der Waals surface area contributed by atoms with Crippen molar-refractivity contribution < 1.29 is 19.0 Å². The molecule has 0 unspecified atom stereocenters. The standard InChI is InChI=1S/C14H18BrNO4/c1-18-8-9-20-13-3-2-11(10-12(13)15)14(17)16-4-6-19-7-5-16/h2-3,10H,4-9H2,1H3. The number of morpholine rings is 1. The Balaban J connectivity index is 2.02. The summed E-state index contributed by atoms with van der Waals surface area (Å²) in [6, 6.07) is 5.37. The first-order valence-electron chi connectivity index (χ1n) is 6.50. The van der Waals surface area contributed by atoms with E-state index in [1.54, 1.807) is 30.2 Å². The van der Waals surface area contributed by atoms with Gasteiger partial charge in [0, 0.05) is 25.8 Å². The van der Waals surface area contributed by atoms with Crippen LogP contribution in [0.25, 0.3) is 0 Å². The first-order valence-corrected chi connectivity index (χ1v) is 7.30. The monoisotopic (exact) mass is 343 g/mol. The highest BCUT2D eigenvalue weighted by atomic mass is 79.9. The van der Waals surface area contributed by atoms with Crippen LogP contribution in [0, 0.1) is 0 Å². The molecule has 20 heavy (non-hydrogen) atoms. The second-order valence-electron chi connectivity index (χ2n) is 4.39. The number of methoxy groups -OCH3 is 1. The third-order valence-corrected chi connectivity index (χ3v) is 3.64. The van der Waals surface area contributed by atoms with Gasteiger partial charge in [-0.1, -0.05) is 0 Å². The van der Waals surface area contributed by atoms with Gasteiger partial charge in [-0.3, -0.25) is 4.79 Å². The molecule has 1 aromatic rings. The maximum absolute atomic E-state index is 12.3. The highest BCUT2D eigenvalue weighted by Crippen LogP contribution is 2.26. The minimum Gasteiger partial charge on any atom is -0.490 e. The van der Waals surface area contributed by atoms with Crippen molar-refractivity contribution in [3.63, 3.8) is 0 Å². The minimum absolute atomic E-state index is 0.0254. The van der Waals surface area contributed by atoms with Crippen molar-refractivity contribution in [1.82, 2.24) is 4.90 Å². The number of amides is 1. The third kappa shape index (κ3) is 3.94. The van der Waals surface area contributed by atoms with Gasteiger partial charge in [-0.25, -0.2) is 0 Å². The Labute approximate surface area is 126 Å². The van der Waals surface area contributed by atoms with Gasteiger partial charge in [0.15, 0.2) is 0 Å². The van der Waals surface area contributed by atoms with Crippen LogP contribution in [0.4, 0.5) is 0 Å². The topological polar surface area (TPSA) is 48.0 Å². The van der Waals surface area contributed by atoms with E-state index in [2.05, 4.69) is 15.9 Å². The molecule has 0 aliphatic carbocycles. The molecule has 0 radical (unpaired) electrons. The van der Waals surface area contributed by atoms with Gasteiger partial charge < -0.3 is 19.1 Å². The molecular formula is C14H18BrNO4. The molecule has 1 aliphatic heterocycles. The molecule has 6 heteroatoms. The smallest absolute Gasteiger partial charge is 0.254 e. The van der Waals surface area contributed by atoms with E-state index in [0.29, 0.717) is 50.8 Å². The van der Waals surface area contributed by atoms with Crippen molar-refractivity contribution >= 4 is 21.8 Å². The van der Waals surface area contributed by atoms with Crippen molar-refractivity contribution in [3.8, 4) is 5.75 Å². The fourth-order valence-corrected chi connectivity index (χ4v) is 2.43. The lowest BCUT2D eigenvalue weighted by atomic mass is 10.2. The third-order valence-electron chi connectivity index (χ3n) is 3.02. The number of benzene rings is 1. The average molecular weight is 344 g/mol. The normalized spacial score (nSPS) is 15.2. The van der Waals surface area contributed by atoms with Crippen LogP contribution < -0.4 is 4.74 Å². The molecule has 1 heterocycles. The molecule has 0 aromatic heterocycles. The van der Waals surface area contributed by atoms with Crippen LogP contribution in [0.5, 0.6) is 5.75 Å². The van der Waals surface area contributed by atoms with Crippen molar-refractivity contribution in [2.75, 3.05) is 46.6 Å². The molecule has 1 fully saturated rings. The Hall–Kier alpha value is -1.11. The largest absolute Gasteiger partial charge is 0.490 e. The molecule has 0 atom stereocenters. The Bertz CT molecular complexity index is 460. The molecule has 0 N–H and O–H groups in total. The summed E-state index contributed by atoms with van der Waals surface area (Å²) in [6.07, 6.45) is 0. The second-order valence-corrected chi connectivity index (χ2v) is 5.25. The second kappa shape index (κ2) is 7.61. The van der Waals surface area contributed by atoms with E-state index in [4.69, 9.17) is 14.2 Å². The van der Waals surface area contributed by atoms with Gasteiger partial charge in [-0.15, -0.1) is 0 Å². The number of carbonyl (C=O) groups excluding carboxylic acids is 1. The minimum atomic E-state index is 0.0254. The number of carbonyl (C=O) groups is 1. The van der Waals surface area contributed by atoms with Gasteiger partial charge in [-0.05, 0) is 34.1 Å². The molecule has 0 spiro atoms. The average Bonchev–Trinajstić information content (AvgIpc) is 2.49. The van der Waals surface area contributed by atoms with Gasteiger partial charge in [0.2, 0.25) is 0 Å². The SMILES string of the molecule is COCCOc1ccc(C(=O)N2CCOCC2)cc1Br. The van der Waals surface area contributed by atoms with Gasteiger partial charge in [0.25, 0.3) is 5.91 Å². The Kier molecular flexibility index (Phi) is 5.82. The van der Waals surface area contributed by atoms with Crippen molar-refractivity contribution in [2.24, 2.45) is 0 Å². The molecule has 110 valence electrons. The molecule has 0 bridgehead atoms. The zero-order chi connectivity index (χ0) is 14.4. The number of hydrogen-bond acceptors (Lipinski definition) is 4. The number of nitrogens with zero attached hydrogens (tertiary/aromatic N) is 1. The lowest BCUT2D eigenvalue weighted by Gasteiger charge is -2.27. The fraction of sp³-hybridized carbons (Fsp3) is 0.500. The molecule has 1 aromatic carbocycles. The first kappa shape index (κ1) is 15.3. The van der Waals surface area contributed by atoms with Crippen LogP contribution in [-0.4, -0.2) is 57.4 Å². The van der Waals surface area contributed by atoms with Crippen LogP contribution >= 0.6 is 15.9 Å². The predicted molar refractivity (Wildman–Crippen MR) is 78.2 cm³/mol. The molecule has 5 nitrogen and oxygen atoms in total. The van der Waals surface area contributed by atoms with Gasteiger partial charge in [-0.2, -0.15) is 0 Å². The number of rotatable bonds is 5. The summed E-state index contributed by atoms with van der Waals surface area (Å²) in [5.41, 5.74) is 0.651. The Morgan fingerprint density at radius 1 is 1.35 bits per heavy atom. The lowest BCUT2D eigenvalue weighted by molar-refractivity contribution is 0.0303. The van der Waals surface area contributed by atoms with E-state index in [1.807, 2.05) is 0 Å². The molecular weight excluding hydrogens is 326 g/mol. The van der Waals surface area contributed by atoms with Crippen LogP contribution in [0.15, 0.2) is 22.7 Å². The van der Waals surface area contributed by atoms with Crippen molar-refractivity contribution in [2.45, 2.75) is 0 Å². The quantitative estimate of drug-likeness (QED) is 0.766. The lowest BCUT2D eigenvalue weighted by Crippen LogP contribution is -2.40. The molecule has 1 amide bonds. The Morgan fingerprint density at radius 2 is 2.10 bits per heavy atom. The van der Waals surface area contributed by atoms with E-state index < -0.39 is 0 Å². The van der Waals surface area contributed by atoms with E-state index >= 15 is 0 Å². The summed E-state index contributed by atoms with van der Waals surface area (Å²) in [6.45, 7) is 3.49. The van der Waals surface area contributed by atoms with Gasteiger partial charge in [0.05, 0.1) is 24.3 Å². The predicted octanol–water partition coefficient (Wildman–Crippen LogP) is 1.95. The number of halogens is 1. The van der Waals surface area contributed by atoms with Crippen molar-refractivity contribution in [1.29, 1.82) is 0 Å². The summed E-state index contributed by atoms with van der Waals surface area (Å²) < 4.78 is 16.5. The zero-order valence-corrected chi connectivity index (χ0v) is 13.0. The maximum atomic E-state index is 12.3. The number of hydrogen-bond donors (Lipinski definition) is 0. The molecule has 1 saturated heterocycles. The van der Waals surface area contributed by atoms with E-state index in [9.17, 15) is 4.79 Å². The van der Waals surface area contributed by atoms with Gasteiger partial charge >= 0.3 is 0 Å². The van der Waals surface area contributed by atoms with E-state index in [-0.39, 0.29) is 5.91 Å². The molecule has 2 rings (SSSR count). The van der Waals surface area contributed by atoms with Crippen LogP contribution in [0.2, 0.25) is 0 Å². The fourth-order valence-electron chi connectivity index (χ4n) is 1.93. The number of ether oxygens (including phenoxy) is 3. The first-order chi connectivity index (χ1) is 9.72. The summed E-state index contributed by atoms with van der Waals surface area (Å²) in [5, 5.41) is 0. The Morgan fingerprint density at radius 3 is 2.75 bits per heavy atom. The van der Waals surface area contributed by atoms with Crippen LogP contribution in [-0.2, 0) is 9.47 Å².